The lowest BCUT2D eigenvalue weighted by Crippen LogP contribution is -2.47. The van der Waals surface area contributed by atoms with Crippen LogP contribution < -0.4 is 0 Å². The molecule has 0 N–H and O–H groups in total. The molecule has 0 spiro atoms. The second-order valence-electron chi connectivity index (χ2n) is 6.55. The summed E-state index contributed by atoms with van der Waals surface area (Å²) in [5, 5.41) is 0.678. The fourth-order valence-electron chi connectivity index (χ4n) is 4.99. The Morgan fingerprint density at radius 2 is 1.74 bits per heavy atom. The average molecular weight is 360 g/mol. The third kappa shape index (κ3) is 2.04. The van der Waals surface area contributed by atoms with Crippen molar-refractivity contribution in [3.8, 4) is 0 Å². The predicted molar refractivity (Wildman–Crippen MR) is 81.9 cm³/mol. The minimum atomic E-state index is 0.286. The number of Topliss-reactive ketones (excluding diaryl/α,β-unsaturated/α-hetero) is 1. The van der Waals surface area contributed by atoms with E-state index in [2.05, 4.69) is 15.9 Å². The molecule has 4 fully saturated rings. The van der Waals surface area contributed by atoms with Gasteiger partial charge in [-0.05, 0) is 77.8 Å². The summed E-state index contributed by atoms with van der Waals surface area (Å²) in [6.45, 7) is 0. The summed E-state index contributed by atoms with van der Waals surface area (Å²) >= 11 is 11.0. The average Bonchev–Trinajstić information content (AvgIpc) is 2.68. The van der Waals surface area contributed by atoms with Crippen LogP contribution in [-0.2, 0) is 0 Å². The van der Waals surface area contributed by atoms with Crippen LogP contribution in [0.15, 0.2) is 9.85 Å². The molecule has 4 bridgehead atoms. The first kappa shape index (κ1) is 12.8. The van der Waals surface area contributed by atoms with Crippen LogP contribution in [0.4, 0.5) is 0 Å². The van der Waals surface area contributed by atoms with Gasteiger partial charge >= 0.3 is 0 Å². The van der Waals surface area contributed by atoms with Gasteiger partial charge in [-0.15, -0.1) is 11.3 Å². The van der Waals surface area contributed by atoms with Crippen molar-refractivity contribution in [1.82, 2.24) is 0 Å². The van der Waals surface area contributed by atoms with E-state index in [4.69, 9.17) is 11.6 Å². The van der Waals surface area contributed by atoms with Crippen molar-refractivity contribution < 1.29 is 4.79 Å². The highest BCUT2D eigenvalue weighted by atomic mass is 79.9. The second-order valence-corrected chi connectivity index (χ2v) is 9.33. The third-order valence-electron chi connectivity index (χ3n) is 5.42. The number of carbonyl (C=O) groups excluding carboxylic acids is 1. The molecule has 0 amide bonds. The summed E-state index contributed by atoms with van der Waals surface area (Å²) in [5.74, 6) is 3.81. The van der Waals surface area contributed by atoms with Gasteiger partial charge in [0, 0.05) is 5.92 Å². The van der Waals surface area contributed by atoms with E-state index < -0.39 is 0 Å². The van der Waals surface area contributed by atoms with E-state index in [0.717, 1.165) is 20.5 Å². The third-order valence-corrected chi connectivity index (χ3v) is 7.91. The molecule has 4 saturated carbocycles. The van der Waals surface area contributed by atoms with Crippen molar-refractivity contribution in [2.45, 2.75) is 32.1 Å². The number of halogens is 2. The highest BCUT2D eigenvalue weighted by molar-refractivity contribution is 9.11. The molecule has 4 aliphatic carbocycles. The molecule has 0 aromatic carbocycles. The Kier molecular flexibility index (Phi) is 3.09. The number of hydrogen-bond acceptors (Lipinski definition) is 2. The van der Waals surface area contributed by atoms with Crippen LogP contribution >= 0.6 is 38.9 Å². The van der Waals surface area contributed by atoms with E-state index >= 15 is 0 Å². The Morgan fingerprint density at radius 1 is 1.16 bits per heavy atom. The molecule has 19 heavy (non-hydrogen) atoms. The molecule has 4 heteroatoms. The molecule has 102 valence electrons. The van der Waals surface area contributed by atoms with E-state index in [1.54, 1.807) is 0 Å². The smallest absolute Gasteiger partial charge is 0.176 e. The van der Waals surface area contributed by atoms with Crippen LogP contribution in [-0.4, -0.2) is 5.78 Å². The summed E-state index contributed by atoms with van der Waals surface area (Å²) in [6, 6.07) is 1.85. The second kappa shape index (κ2) is 4.57. The summed E-state index contributed by atoms with van der Waals surface area (Å²) in [6.07, 6.45) is 6.62. The number of rotatable bonds is 2. The quantitative estimate of drug-likeness (QED) is 0.644. The fraction of sp³-hybridized carbons (Fsp3) is 0.667. The van der Waals surface area contributed by atoms with Gasteiger partial charge in [0.2, 0.25) is 0 Å². The Morgan fingerprint density at radius 3 is 2.21 bits per heavy atom. The largest absolute Gasteiger partial charge is 0.293 e. The molecular weight excluding hydrogens is 344 g/mol. The van der Waals surface area contributed by atoms with Gasteiger partial charge < -0.3 is 0 Å². The Balaban J connectivity index is 1.63. The predicted octanol–water partition coefficient (Wildman–Crippen LogP) is 5.42. The molecule has 1 aromatic rings. The fourth-order valence-corrected chi connectivity index (χ4v) is 6.68. The maximum Gasteiger partial charge on any atom is 0.176 e. The van der Waals surface area contributed by atoms with Gasteiger partial charge in [-0.1, -0.05) is 11.6 Å². The molecule has 0 aliphatic heterocycles. The summed E-state index contributed by atoms with van der Waals surface area (Å²) < 4.78 is 0.890. The van der Waals surface area contributed by atoms with E-state index in [9.17, 15) is 4.79 Å². The molecular formula is C15H16BrClOS. The van der Waals surface area contributed by atoms with Crippen molar-refractivity contribution >= 4 is 44.7 Å². The summed E-state index contributed by atoms with van der Waals surface area (Å²) in [5.41, 5.74) is 0. The van der Waals surface area contributed by atoms with Crippen LogP contribution in [0.25, 0.3) is 0 Å². The number of hydrogen-bond donors (Lipinski definition) is 0. The maximum absolute atomic E-state index is 12.8. The van der Waals surface area contributed by atoms with E-state index in [1.807, 2.05) is 6.07 Å². The highest BCUT2D eigenvalue weighted by Crippen LogP contribution is 2.57. The van der Waals surface area contributed by atoms with Gasteiger partial charge in [0.25, 0.3) is 0 Å². The van der Waals surface area contributed by atoms with Crippen LogP contribution in [0.3, 0.4) is 0 Å². The molecule has 1 heterocycles. The lowest BCUT2D eigenvalue weighted by Gasteiger charge is -2.53. The summed E-state index contributed by atoms with van der Waals surface area (Å²) in [7, 11) is 0. The molecule has 0 unspecified atom stereocenters. The maximum atomic E-state index is 12.8. The molecule has 0 saturated heterocycles. The number of thiophene rings is 1. The van der Waals surface area contributed by atoms with Crippen LogP contribution in [0.1, 0.15) is 41.8 Å². The first-order valence-electron chi connectivity index (χ1n) is 7.11. The van der Waals surface area contributed by atoms with E-state index in [0.29, 0.717) is 22.6 Å². The number of carbonyl (C=O) groups is 1. The van der Waals surface area contributed by atoms with Crippen molar-refractivity contribution in [1.29, 1.82) is 0 Å². The number of ketones is 1. The van der Waals surface area contributed by atoms with Crippen molar-refractivity contribution in [3.05, 3.63) is 19.8 Å². The minimum absolute atomic E-state index is 0.286. The van der Waals surface area contributed by atoms with Crippen molar-refractivity contribution in [3.63, 3.8) is 0 Å². The normalized spacial score (nSPS) is 39.8. The lowest BCUT2D eigenvalue weighted by molar-refractivity contribution is -0.0249. The summed E-state index contributed by atoms with van der Waals surface area (Å²) in [4.78, 5) is 13.7. The zero-order valence-corrected chi connectivity index (χ0v) is 13.7. The monoisotopic (exact) mass is 358 g/mol. The Hall–Kier alpha value is 0.140. The molecule has 0 radical (unpaired) electrons. The topological polar surface area (TPSA) is 17.1 Å². The van der Waals surface area contributed by atoms with Crippen molar-refractivity contribution in [2.24, 2.45) is 29.6 Å². The molecule has 4 aliphatic rings. The lowest BCUT2D eigenvalue weighted by atomic mass is 9.51. The van der Waals surface area contributed by atoms with Crippen molar-refractivity contribution in [2.75, 3.05) is 0 Å². The van der Waals surface area contributed by atoms with Crippen LogP contribution in [0.2, 0.25) is 5.02 Å². The molecule has 1 aromatic heterocycles. The molecule has 0 atom stereocenters. The van der Waals surface area contributed by atoms with Crippen LogP contribution in [0.5, 0.6) is 0 Å². The van der Waals surface area contributed by atoms with Gasteiger partial charge in [-0.3, -0.25) is 4.79 Å². The van der Waals surface area contributed by atoms with Gasteiger partial charge in [0.1, 0.15) is 0 Å². The van der Waals surface area contributed by atoms with Crippen LogP contribution in [0, 0.1) is 29.6 Å². The molecule has 5 rings (SSSR count). The zero-order valence-electron chi connectivity index (χ0n) is 10.6. The Bertz CT molecular complexity index is 491. The van der Waals surface area contributed by atoms with Gasteiger partial charge in [0.15, 0.2) is 5.78 Å². The zero-order chi connectivity index (χ0) is 13.1. The first-order chi connectivity index (χ1) is 9.11. The first-order valence-corrected chi connectivity index (χ1v) is 9.09. The van der Waals surface area contributed by atoms with E-state index in [-0.39, 0.29) is 5.92 Å². The van der Waals surface area contributed by atoms with E-state index in [1.165, 1.54) is 43.4 Å². The van der Waals surface area contributed by atoms with Gasteiger partial charge in [0.05, 0.1) is 13.7 Å². The minimum Gasteiger partial charge on any atom is -0.293 e. The SMILES string of the molecule is O=C(c1cc(Cl)c(Br)s1)C1C2CC3CC(C2)CC1C3. The van der Waals surface area contributed by atoms with Gasteiger partial charge in [-0.25, -0.2) is 0 Å². The molecule has 1 nitrogen and oxygen atoms in total. The highest BCUT2D eigenvalue weighted by Gasteiger charge is 2.50. The van der Waals surface area contributed by atoms with Gasteiger partial charge in [-0.2, -0.15) is 0 Å². The Labute approximate surface area is 130 Å². The standard InChI is InChI=1S/C15H16BrClOS/c16-15-11(17)6-12(19-15)14(18)13-9-2-7-1-8(4-9)5-10(13)3-7/h6-10,13H,1-5H2.